The van der Waals surface area contributed by atoms with Gasteiger partial charge in [0.05, 0.1) is 0 Å². The summed E-state index contributed by atoms with van der Waals surface area (Å²) in [5, 5.41) is 10.6. The van der Waals surface area contributed by atoms with E-state index in [9.17, 15) is 5.11 Å². The van der Waals surface area contributed by atoms with Crippen LogP contribution in [0.5, 0.6) is 5.75 Å². The molecule has 0 spiro atoms. The summed E-state index contributed by atoms with van der Waals surface area (Å²) in [6.45, 7) is 11.4. The highest BCUT2D eigenvalue weighted by atomic mass is 16.3. The molecule has 0 atom stereocenters. The van der Waals surface area contributed by atoms with Crippen molar-refractivity contribution >= 4 is 0 Å². The standard InChI is InChI=1S/C27H40O/c1-6-9-14-21-19-20-24(23(16-11-8-3)22(21)15-10-7-2)27(4,5)25-17-12-13-18-26(25)28/h12-13,17-20,28H,6-11,14-16H2,1-5H3. The molecule has 0 bridgehead atoms. The number of unbranched alkanes of at least 4 members (excludes halogenated alkanes) is 3. The highest BCUT2D eigenvalue weighted by Gasteiger charge is 2.29. The van der Waals surface area contributed by atoms with Gasteiger partial charge in [0.25, 0.3) is 0 Å². The van der Waals surface area contributed by atoms with Crippen LogP contribution < -0.4 is 0 Å². The number of hydrogen-bond donors (Lipinski definition) is 1. The van der Waals surface area contributed by atoms with E-state index in [2.05, 4.69) is 52.8 Å². The zero-order valence-electron chi connectivity index (χ0n) is 18.8. The Bertz CT molecular complexity index is 742. The second kappa shape index (κ2) is 10.7. The van der Waals surface area contributed by atoms with Gasteiger partial charge in [-0.25, -0.2) is 0 Å². The predicted octanol–water partition coefficient (Wildman–Crippen LogP) is 7.75. The van der Waals surface area contributed by atoms with Crippen LogP contribution in [0.15, 0.2) is 36.4 Å². The number of benzene rings is 2. The third-order valence-electron chi connectivity index (χ3n) is 6.14. The molecular weight excluding hydrogens is 340 g/mol. The number of rotatable bonds is 11. The Morgan fingerprint density at radius 2 is 1.25 bits per heavy atom. The van der Waals surface area contributed by atoms with Crippen molar-refractivity contribution in [3.8, 4) is 5.75 Å². The monoisotopic (exact) mass is 380 g/mol. The molecule has 2 aromatic carbocycles. The number of aryl methyl sites for hydroxylation is 1. The third-order valence-corrected chi connectivity index (χ3v) is 6.14. The zero-order valence-corrected chi connectivity index (χ0v) is 18.8. The van der Waals surface area contributed by atoms with E-state index in [0.29, 0.717) is 5.75 Å². The summed E-state index contributed by atoms with van der Waals surface area (Å²) in [5.41, 5.74) is 6.92. The van der Waals surface area contributed by atoms with Crippen molar-refractivity contribution in [2.24, 2.45) is 0 Å². The number of para-hydroxylation sites is 1. The van der Waals surface area contributed by atoms with Gasteiger partial charge in [-0.3, -0.25) is 0 Å². The largest absolute Gasteiger partial charge is 0.508 e. The maximum absolute atomic E-state index is 10.6. The predicted molar refractivity (Wildman–Crippen MR) is 123 cm³/mol. The molecule has 1 N–H and O–H groups in total. The average Bonchev–Trinajstić information content (AvgIpc) is 2.69. The SMILES string of the molecule is CCCCc1ccc(C(C)(C)c2ccccc2O)c(CCCC)c1CCCC. The van der Waals surface area contributed by atoms with Gasteiger partial charge < -0.3 is 5.11 Å². The first-order chi connectivity index (χ1) is 13.5. The maximum atomic E-state index is 10.6. The van der Waals surface area contributed by atoms with Gasteiger partial charge in [-0.1, -0.05) is 84.2 Å². The highest BCUT2D eigenvalue weighted by molar-refractivity contribution is 5.52. The van der Waals surface area contributed by atoms with Crippen LogP contribution in [-0.2, 0) is 24.7 Å². The smallest absolute Gasteiger partial charge is 0.119 e. The van der Waals surface area contributed by atoms with Crippen molar-refractivity contribution < 1.29 is 5.11 Å². The van der Waals surface area contributed by atoms with Crippen LogP contribution in [0, 0.1) is 0 Å². The first-order valence-corrected chi connectivity index (χ1v) is 11.4. The molecule has 0 radical (unpaired) electrons. The third kappa shape index (κ3) is 5.19. The Hall–Kier alpha value is -1.76. The fourth-order valence-corrected chi connectivity index (χ4v) is 4.38. The summed E-state index contributed by atoms with van der Waals surface area (Å²) in [6, 6.07) is 12.6. The van der Waals surface area contributed by atoms with Crippen molar-refractivity contribution in [2.75, 3.05) is 0 Å². The molecule has 0 saturated carbocycles. The zero-order chi connectivity index (χ0) is 20.6. The second-order valence-corrected chi connectivity index (χ2v) is 8.68. The summed E-state index contributed by atoms with van der Waals surface area (Å²) in [6.07, 6.45) is 10.9. The normalized spacial score (nSPS) is 11.8. The van der Waals surface area contributed by atoms with Crippen LogP contribution in [-0.4, -0.2) is 5.11 Å². The molecule has 0 saturated heterocycles. The molecule has 2 aromatic rings. The maximum Gasteiger partial charge on any atom is 0.119 e. The summed E-state index contributed by atoms with van der Waals surface area (Å²) >= 11 is 0. The quantitative estimate of drug-likeness (QED) is 0.422. The van der Waals surface area contributed by atoms with Gasteiger partial charge in [-0.2, -0.15) is 0 Å². The Morgan fingerprint density at radius 3 is 1.86 bits per heavy atom. The van der Waals surface area contributed by atoms with Gasteiger partial charge in [-0.15, -0.1) is 0 Å². The molecule has 0 unspecified atom stereocenters. The molecule has 0 aromatic heterocycles. The van der Waals surface area contributed by atoms with Crippen LogP contribution >= 0.6 is 0 Å². The number of phenols is 1. The fourth-order valence-electron chi connectivity index (χ4n) is 4.38. The van der Waals surface area contributed by atoms with Gasteiger partial charge in [0.15, 0.2) is 0 Å². The lowest BCUT2D eigenvalue weighted by Crippen LogP contribution is -2.23. The van der Waals surface area contributed by atoms with Crippen LogP contribution in [0.4, 0.5) is 0 Å². The van der Waals surface area contributed by atoms with E-state index in [1.807, 2.05) is 18.2 Å². The van der Waals surface area contributed by atoms with E-state index >= 15 is 0 Å². The van der Waals surface area contributed by atoms with Crippen LogP contribution in [0.3, 0.4) is 0 Å². The molecule has 2 rings (SSSR count). The van der Waals surface area contributed by atoms with Crippen molar-refractivity contribution in [3.05, 3.63) is 64.2 Å². The Kier molecular flexibility index (Phi) is 8.60. The molecule has 1 heteroatoms. The van der Waals surface area contributed by atoms with E-state index < -0.39 is 0 Å². The number of aromatic hydroxyl groups is 1. The number of phenolic OH excluding ortho intramolecular Hbond substituents is 1. The van der Waals surface area contributed by atoms with Gasteiger partial charge in [0.1, 0.15) is 5.75 Å². The summed E-state index contributed by atoms with van der Waals surface area (Å²) in [7, 11) is 0. The Morgan fingerprint density at radius 1 is 0.679 bits per heavy atom. The van der Waals surface area contributed by atoms with Crippen LogP contribution in [0.1, 0.15) is 101 Å². The van der Waals surface area contributed by atoms with Crippen molar-refractivity contribution in [3.63, 3.8) is 0 Å². The summed E-state index contributed by atoms with van der Waals surface area (Å²) in [4.78, 5) is 0. The lowest BCUT2D eigenvalue weighted by atomic mass is 9.72. The average molecular weight is 381 g/mol. The van der Waals surface area contributed by atoms with Crippen LogP contribution in [0.25, 0.3) is 0 Å². The topological polar surface area (TPSA) is 20.2 Å². The highest BCUT2D eigenvalue weighted by Crippen LogP contribution is 2.40. The molecule has 0 aliphatic rings. The molecule has 0 amide bonds. The summed E-state index contributed by atoms with van der Waals surface area (Å²) < 4.78 is 0. The molecule has 28 heavy (non-hydrogen) atoms. The first-order valence-electron chi connectivity index (χ1n) is 11.4. The van der Waals surface area contributed by atoms with Crippen molar-refractivity contribution in [2.45, 2.75) is 97.8 Å². The van der Waals surface area contributed by atoms with Crippen molar-refractivity contribution in [1.82, 2.24) is 0 Å². The van der Waals surface area contributed by atoms with E-state index in [4.69, 9.17) is 0 Å². The van der Waals surface area contributed by atoms with Gasteiger partial charge in [0.2, 0.25) is 0 Å². The molecule has 0 heterocycles. The lowest BCUT2D eigenvalue weighted by molar-refractivity contribution is 0.452. The minimum atomic E-state index is -0.210. The molecular formula is C27H40O. The van der Waals surface area contributed by atoms with Crippen molar-refractivity contribution in [1.29, 1.82) is 0 Å². The minimum absolute atomic E-state index is 0.210. The molecule has 1 nitrogen and oxygen atoms in total. The van der Waals surface area contributed by atoms with Gasteiger partial charge in [0, 0.05) is 11.0 Å². The van der Waals surface area contributed by atoms with E-state index in [1.165, 1.54) is 56.9 Å². The van der Waals surface area contributed by atoms with E-state index in [-0.39, 0.29) is 5.41 Å². The number of hydrogen-bond acceptors (Lipinski definition) is 1. The van der Waals surface area contributed by atoms with Gasteiger partial charge >= 0.3 is 0 Å². The van der Waals surface area contributed by atoms with E-state index in [1.54, 1.807) is 16.7 Å². The Balaban J connectivity index is 2.62. The Labute approximate surface area is 173 Å². The van der Waals surface area contributed by atoms with E-state index in [0.717, 1.165) is 12.0 Å². The first kappa shape index (κ1) is 22.5. The lowest BCUT2D eigenvalue weighted by Gasteiger charge is -2.31. The summed E-state index contributed by atoms with van der Waals surface area (Å²) in [5.74, 6) is 0.402. The molecule has 154 valence electrons. The molecule has 0 aliphatic carbocycles. The second-order valence-electron chi connectivity index (χ2n) is 8.68. The molecule has 0 fully saturated rings. The van der Waals surface area contributed by atoms with Gasteiger partial charge in [-0.05, 0) is 66.8 Å². The minimum Gasteiger partial charge on any atom is -0.508 e. The fraction of sp³-hybridized carbons (Fsp3) is 0.556. The molecule has 0 aliphatic heterocycles. The van der Waals surface area contributed by atoms with Crippen LogP contribution in [0.2, 0.25) is 0 Å².